The second kappa shape index (κ2) is 6.62. The average Bonchev–Trinajstić information content (AvgIpc) is 2.52. The van der Waals surface area contributed by atoms with Gasteiger partial charge in [-0.05, 0) is 36.4 Å². The monoisotopic (exact) mass is 319 g/mol. The Bertz CT molecular complexity index is 780. The summed E-state index contributed by atoms with van der Waals surface area (Å²) in [5, 5.41) is 0. The van der Waals surface area contributed by atoms with Crippen molar-refractivity contribution in [1.82, 2.24) is 0 Å². The second-order valence-electron chi connectivity index (χ2n) is 4.63. The highest BCUT2D eigenvalue weighted by Crippen LogP contribution is 2.24. The van der Waals surface area contributed by atoms with Gasteiger partial charge in [-0.3, -0.25) is 4.99 Å². The lowest BCUT2D eigenvalue weighted by atomic mass is 10.2. The fraction of sp³-hybridized carbons (Fsp3) is 0.188. The Morgan fingerprint density at radius 1 is 1.00 bits per heavy atom. The lowest BCUT2D eigenvalue weighted by Crippen LogP contribution is -1.95. The molecule has 0 fully saturated rings. The van der Waals surface area contributed by atoms with Crippen molar-refractivity contribution in [3.63, 3.8) is 0 Å². The van der Waals surface area contributed by atoms with E-state index < -0.39 is 9.84 Å². The van der Waals surface area contributed by atoms with Gasteiger partial charge in [0.1, 0.15) is 11.5 Å². The molecule has 0 aliphatic heterocycles. The zero-order chi connectivity index (χ0) is 16.2. The maximum Gasteiger partial charge on any atom is 0.175 e. The predicted molar refractivity (Wildman–Crippen MR) is 86.4 cm³/mol. The van der Waals surface area contributed by atoms with E-state index in [1.54, 1.807) is 38.6 Å². The summed E-state index contributed by atoms with van der Waals surface area (Å²) in [7, 11) is -0.0253. The molecule has 0 radical (unpaired) electrons. The molecule has 0 amide bonds. The molecule has 116 valence electrons. The summed E-state index contributed by atoms with van der Waals surface area (Å²) >= 11 is 0. The Labute approximate surface area is 130 Å². The Morgan fingerprint density at radius 3 is 2.23 bits per heavy atom. The topological polar surface area (TPSA) is 65.0 Å². The van der Waals surface area contributed by atoms with Crippen LogP contribution in [0, 0.1) is 0 Å². The van der Waals surface area contributed by atoms with Gasteiger partial charge in [0.05, 0.1) is 24.8 Å². The molecule has 0 heterocycles. The summed E-state index contributed by atoms with van der Waals surface area (Å²) in [5.74, 6) is 1.35. The summed E-state index contributed by atoms with van der Waals surface area (Å²) in [4.78, 5) is 4.59. The van der Waals surface area contributed by atoms with Crippen molar-refractivity contribution in [2.45, 2.75) is 4.90 Å². The Balaban J connectivity index is 2.25. The van der Waals surface area contributed by atoms with Gasteiger partial charge in [0, 0.05) is 24.1 Å². The first-order valence-corrected chi connectivity index (χ1v) is 8.39. The number of aliphatic imine (C=N–C) groups is 1. The van der Waals surface area contributed by atoms with E-state index in [-0.39, 0.29) is 4.90 Å². The van der Waals surface area contributed by atoms with Gasteiger partial charge in [0.15, 0.2) is 9.84 Å². The van der Waals surface area contributed by atoms with Crippen molar-refractivity contribution >= 4 is 21.7 Å². The highest BCUT2D eigenvalue weighted by atomic mass is 32.2. The molecule has 0 saturated heterocycles. The van der Waals surface area contributed by atoms with Crippen molar-refractivity contribution in [3.05, 3.63) is 48.0 Å². The molecule has 0 N–H and O–H groups in total. The van der Waals surface area contributed by atoms with E-state index in [9.17, 15) is 8.42 Å². The number of sulfone groups is 1. The van der Waals surface area contributed by atoms with Crippen molar-refractivity contribution < 1.29 is 17.9 Å². The summed E-state index contributed by atoms with van der Waals surface area (Å²) in [6, 6.07) is 11.8. The molecule has 2 rings (SSSR count). The quantitative estimate of drug-likeness (QED) is 0.795. The largest absolute Gasteiger partial charge is 0.497 e. The van der Waals surface area contributed by atoms with E-state index in [4.69, 9.17) is 9.47 Å². The number of ether oxygens (including phenoxy) is 2. The van der Waals surface area contributed by atoms with Crippen LogP contribution in [0.1, 0.15) is 5.56 Å². The number of nitrogens with zero attached hydrogens (tertiary/aromatic N) is 1. The first kappa shape index (κ1) is 16.0. The van der Waals surface area contributed by atoms with Gasteiger partial charge < -0.3 is 9.47 Å². The maximum absolute atomic E-state index is 11.4. The Kier molecular flexibility index (Phi) is 4.82. The standard InChI is InChI=1S/C16H17NO4S/c1-20-14-7-4-12(16(10-14)21-2)11-17-13-5-8-15(9-6-13)22(3,18)19/h4-11H,1-3H3/b17-11+. The van der Waals surface area contributed by atoms with Crippen LogP contribution in [0.4, 0.5) is 5.69 Å². The minimum absolute atomic E-state index is 0.272. The Morgan fingerprint density at radius 2 is 1.68 bits per heavy atom. The molecule has 2 aromatic rings. The number of methoxy groups -OCH3 is 2. The van der Waals surface area contributed by atoms with Gasteiger partial charge in [-0.25, -0.2) is 8.42 Å². The van der Waals surface area contributed by atoms with Crippen molar-refractivity contribution in [2.24, 2.45) is 4.99 Å². The molecule has 0 aliphatic carbocycles. The summed E-state index contributed by atoms with van der Waals surface area (Å²) in [6.07, 6.45) is 2.83. The number of benzene rings is 2. The maximum atomic E-state index is 11.4. The van der Waals surface area contributed by atoms with Crippen LogP contribution >= 0.6 is 0 Å². The van der Waals surface area contributed by atoms with Crippen LogP contribution in [0.15, 0.2) is 52.4 Å². The minimum atomic E-state index is -3.19. The molecule has 0 aliphatic rings. The van der Waals surface area contributed by atoms with Gasteiger partial charge in [0.25, 0.3) is 0 Å². The SMILES string of the molecule is COc1ccc(/C=N/c2ccc(S(C)(=O)=O)cc2)c(OC)c1. The first-order valence-electron chi connectivity index (χ1n) is 6.50. The highest BCUT2D eigenvalue weighted by molar-refractivity contribution is 7.90. The van der Waals surface area contributed by atoms with Gasteiger partial charge in [-0.15, -0.1) is 0 Å². The zero-order valence-electron chi connectivity index (χ0n) is 12.6. The van der Waals surface area contributed by atoms with Crippen LogP contribution in [0.25, 0.3) is 0 Å². The number of rotatable bonds is 5. The van der Waals surface area contributed by atoms with E-state index in [1.807, 2.05) is 12.1 Å². The third-order valence-electron chi connectivity index (χ3n) is 3.06. The summed E-state index contributed by atoms with van der Waals surface area (Å²) < 4.78 is 33.2. The molecule has 0 aromatic heterocycles. The molecule has 5 nitrogen and oxygen atoms in total. The molecule has 22 heavy (non-hydrogen) atoms. The third-order valence-corrected chi connectivity index (χ3v) is 4.19. The Hall–Kier alpha value is -2.34. The van der Waals surface area contributed by atoms with Crippen molar-refractivity contribution in [2.75, 3.05) is 20.5 Å². The zero-order valence-corrected chi connectivity index (χ0v) is 13.4. The van der Waals surface area contributed by atoms with Crippen LogP contribution in [-0.2, 0) is 9.84 Å². The molecular weight excluding hydrogens is 302 g/mol. The van der Waals surface area contributed by atoms with E-state index in [0.29, 0.717) is 17.2 Å². The molecule has 2 aromatic carbocycles. The smallest absolute Gasteiger partial charge is 0.175 e. The van der Waals surface area contributed by atoms with Crippen LogP contribution in [0.5, 0.6) is 11.5 Å². The molecule has 6 heteroatoms. The predicted octanol–water partition coefficient (Wildman–Crippen LogP) is 2.86. The molecule has 0 unspecified atom stereocenters. The van der Waals surface area contributed by atoms with Crippen LogP contribution < -0.4 is 9.47 Å². The van der Waals surface area contributed by atoms with Crippen LogP contribution in [-0.4, -0.2) is 35.1 Å². The van der Waals surface area contributed by atoms with Crippen molar-refractivity contribution in [3.8, 4) is 11.5 Å². The van der Waals surface area contributed by atoms with Gasteiger partial charge in [-0.2, -0.15) is 0 Å². The molecular formula is C16H17NO4S. The lowest BCUT2D eigenvalue weighted by molar-refractivity contribution is 0.394. The molecule has 0 bridgehead atoms. The third kappa shape index (κ3) is 3.85. The first-order chi connectivity index (χ1) is 10.4. The van der Waals surface area contributed by atoms with Crippen LogP contribution in [0.2, 0.25) is 0 Å². The molecule has 0 spiro atoms. The normalized spacial score (nSPS) is 11.6. The van der Waals surface area contributed by atoms with E-state index in [0.717, 1.165) is 5.56 Å². The molecule has 0 atom stereocenters. The van der Waals surface area contributed by atoms with Crippen LogP contribution in [0.3, 0.4) is 0 Å². The van der Waals surface area contributed by atoms with Gasteiger partial charge in [0.2, 0.25) is 0 Å². The second-order valence-corrected chi connectivity index (χ2v) is 6.65. The minimum Gasteiger partial charge on any atom is -0.497 e. The van der Waals surface area contributed by atoms with Crippen molar-refractivity contribution in [1.29, 1.82) is 0 Å². The van der Waals surface area contributed by atoms with Gasteiger partial charge >= 0.3 is 0 Å². The highest BCUT2D eigenvalue weighted by Gasteiger charge is 2.06. The fourth-order valence-electron chi connectivity index (χ4n) is 1.85. The van der Waals surface area contributed by atoms with E-state index in [1.165, 1.54) is 18.4 Å². The lowest BCUT2D eigenvalue weighted by Gasteiger charge is -2.06. The number of hydrogen-bond acceptors (Lipinski definition) is 5. The van der Waals surface area contributed by atoms with Gasteiger partial charge in [-0.1, -0.05) is 0 Å². The molecule has 0 saturated carbocycles. The average molecular weight is 319 g/mol. The fourth-order valence-corrected chi connectivity index (χ4v) is 2.48. The van der Waals surface area contributed by atoms with E-state index >= 15 is 0 Å². The number of hydrogen-bond donors (Lipinski definition) is 0. The van der Waals surface area contributed by atoms with E-state index in [2.05, 4.69) is 4.99 Å². The summed E-state index contributed by atoms with van der Waals surface area (Å²) in [5.41, 5.74) is 1.46. The summed E-state index contributed by atoms with van der Waals surface area (Å²) in [6.45, 7) is 0.